The highest BCUT2D eigenvalue weighted by molar-refractivity contribution is 5.96. The van der Waals surface area contributed by atoms with Gasteiger partial charge in [0.2, 0.25) is 0 Å². The lowest BCUT2D eigenvalue weighted by molar-refractivity contribution is 0.0911. The second-order valence-electron chi connectivity index (χ2n) is 5.24. The first-order valence-corrected chi connectivity index (χ1v) is 6.52. The molecule has 2 aromatic rings. The molecule has 3 N–H and O–H groups in total. The van der Waals surface area contributed by atoms with Crippen LogP contribution in [0.5, 0.6) is 0 Å². The predicted octanol–water partition coefficient (Wildman–Crippen LogP) is 2.60. The topological polar surface area (TPSA) is 68.3 Å². The first kappa shape index (κ1) is 13.6. The molecule has 2 atom stereocenters. The number of hydrogen-bond donors (Lipinski definition) is 2. The van der Waals surface area contributed by atoms with Crippen molar-refractivity contribution in [2.24, 2.45) is 5.73 Å². The zero-order chi connectivity index (χ0) is 14.0. The molecule has 1 heterocycles. The maximum atomic E-state index is 12.0. The van der Waals surface area contributed by atoms with Gasteiger partial charge in [-0.2, -0.15) is 0 Å². The predicted molar refractivity (Wildman–Crippen MR) is 76.1 cm³/mol. The maximum Gasteiger partial charge on any atom is 0.287 e. The van der Waals surface area contributed by atoms with Crippen molar-refractivity contribution in [3.8, 4) is 0 Å². The zero-order valence-electron chi connectivity index (χ0n) is 11.6. The molecule has 0 spiro atoms. The molecule has 0 fully saturated rings. The van der Waals surface area contributed by atoms with Crippen molar-refractivity contribution < 1.29 is 9.21 Å². The Bertz CT molecular complexity index is 587. The third kappa shape index (κ3) is 3.35. The molecule has 19 heavy (non-hydrogen) atoms. The fraction of sp³-hybridized carbons (Fsp3) is 0.400. The number of nitrogens with one attached hydrogen (secondary N) is 1. The van der Waals surface area contributed by atoms with Crippen LogP contribution < -0.4 is 11.1 Å². The van der Waals surface area contributed by atoms with Crippen molar-refractivity contribution in [2.75, 3.05) is 0 Å². The normalized spacial score (nSPS) is 14.3. The number of rotatable bonds is 4. The van der Waals surface area contributed by atoms with Crippen LogP contribution in [0.3, 0.4) is 0 Å². The van der Waals surface area contributed by atoms with Gasteiger partial charge in [-0.1, -0.05) is 11.6 Å². The van der Waals surface area contributed by atoms with Gasteiger partial charge in [0, 0.05) is 17.5 Å². The lowest BCUT2D eigenvalue weighted by Crippen LogP contribution is -2.36. The van der Waals surface area contributed by atoms with Crippen LogP contribution in [0.1, 0.15) is 36.4 Å². The minimum atomic E-state index is -0.193. The van der Waals surface area contributed by atoms with E-state index in [4.69, 9.17) is 10.2 Å². The van der Waals surface area contributed by atoms with Crippen LogP contribution in [0.2, 0.25) is 0 Å². The summed E-state index contributed by atoms with van der Waals surface area (Å²) in [7, 11) is 0. The molecule has 2 unspecified atom stereocenters. The van der Waals surface area contributed by atoms with Crippen molar-refractivity contribution in [1.82, 2.24) is 5.32 Å². The lowest BCUT2D eigenvalue weighted by atomic mass is 10.1. The molecule has 0 aliphatic heterocycles. The molecule has 4 heteroatoms. The highest BCUT2D eigenvalue weighted by Crippen LogP contribution is 2.20. The number of furan rings is 1. The zero-order valence-corrected chi connectivity index (χ0v) is 11.6. The number of carbonyl (C=O) groups excluding carboxylic acids is 1. The molecule has 1 amide bonds. The van der Waals surface area contributed by atoms with Crippen molar-refractivity contribution in [2.45, 2.75) is 39.3 Å². The Morgan fingerprint density at radius 1 is 1.37 bits per heavy atom. The molecule has 4 nitrogen and oxygen atoms in total. The Labute approximate surface area is 113 Å². The van der Waals surface area contributed by atoms with E-state index in [-0.39, 0.29) is 18.0 Å². The number of fused-ring (bicyclic) bond motifs is 1. The van der Waals surface area contributed by atoms with Gasteiger partial charge in [-0.15, -0.1) is 0 Å². The van der Waals surface area contributed by atoms with Gasteiger partial charge in [-0.05, 0) is 45.4 Å². The number of benzene rings is 1. The quantitative estimate of drug-likeness (QED) is 0.887. The minimum absolute atomic E-state index is 0.0300. The third-order valence-electron chi connectivity index (χ3n) is 3.00. The Balaban J connectivity index is 2.13. The van der Waals surface area contributed by atoms with E-state index in [1.807, 2.05) is 39.0 Å². The molecule has 0 saturated carbocycles. The summed E-state index contributed by atoms with van der Waals surface area (Å²) < 4.78 is 5.55. The Morgan fingerprint density at radius 2 is 2.11 bits per heavy atom. The number of aryl methyl sites for hydroxylation is 1. The van der Waals surface area contributed by atoms with Crippen LogP contribution >= 0.6 is 0 Å². The molecule has 0 aliphatic rings. The molecule has 0 aliphatic carbocycles. The van der Waals surface area contributed by atoms with Crippen LogP contribution in [-0.4, -0.2) is 18.0 Å². The van der Waals surface area contributed by atoms with Gasteiger partial charge in [0.1, 0.15) is 5.58 Å². The van der Waals surface area contributed by atoms with E-state index in [0.717, 1.165) is 23.0 Å². The summed E-state index contributed by atoms with van der Waals surface area (Å²) in [5.41, 5.74) is 7.59. The molecular weight excluding hydrogens is 240 g/mol. The number of nitrogens with two attached hydrogens (primary N) is 1. The smallest absolute Gasteiger partial charge is 0.287 e. The fourth-order valence-corrected chi connectivity index (χ4v) is 2.19. The Hall–Kier alpha value is -1.81. The average Bonchev–Trinajstić information content (AvgIpc) is 2.70. The fourth-order valence-electron chi connectivity index (χ4n) is 2.19. The molecular formula is C15H20N2O2. The van der Waals surface area contributed by atoms with Crippen molar-refractivity contribution in [1.29, 1.82) is 0 Å². The first-order valence-electron chi connectivity index (χ1n) is 6.52. The summed E-state index contributed by atoms with van der Waals surface area (Å²) in [4.78, 5) is 12.0. The number of hydrogen-bond acceptors (Lipinski definition) is 3. The number of amides is 1. The Morgan fingerprint density at radius 3 is 2.79 bits per heavy atom. The summed E-state index contributed by atoms with van der Waals surface area (Å²) in [5.74, 6) is 0.152. The summed E-state index contributed by atoms with van der Waals surface area (Å²) in [5, 5.41) is 3.84. The van der Waals surface area contributed by atoms with E-state index in [1.54, 1.807) is 6.07 Å². The van der Waals surface area contributed by atoms with E-state index in [9.17, 15) is 4.79 Å². The minimum Gasteiger partial charge on any atom is -0.451 e. The van der Waals surface area contributed by atoms with Gasteiger partial charge in [-0.25, -0.2) is 0 Å². The van der Waals surface area contributed by atoms with Gasteiger partial charge in [0.25, 0.3) is 5.91 Å². The second kappa shape index (κ2) is 5.45. The highest BCUT2D eigenvalue weighted by Gasteiger charge is 2.15. The molecule has 0 bridgehead atoms. The maximum absolute atomic E-state index is 12.0. The summed E-state index contributed by atoms with van der Waals surface area (Å²) in [6.07, 6.45) is 0.741. The summed E-state index contributed by atoms with van der Waals surface area (Å²) in [6.45, 7) is 5.87. The largest absolute Gasteiger partial charge is 0.451 e. The average molecular weight is 260 g/mol. The summed E-state index contributed by atoms with van der Waals surface area (Å²) >= 11 is 0. The standard InChI is InChI=1S/C15H20N2O2/c1-9-4-5-13-12(6-9)8-14(19-13)15(18)17-11(3)7-10(2)16/h4-6,8,10-11H,7,16H2,1-3H3,(H,17,18). The van der Waals surface area contributed by atoms with E-state index in [2.05, 4.69) is 5.32 Å². The molecule has 2 rings (SSSR count). The van der Waals surface area contributed by atoms with Gasteiger partial charge in [0.05, 0.1) is 0 Å². The molecule has 102 valence electrons. The van der Waals surface area contributed by atoms with Crippen molar-refractivity contribution in [3.05, 3.63) is 35.6 Å². The first-order chi connectivity index (χ1) is 8.95. The monoisotopic (exact) mass is 260 g/mol. The van der Waals surface area contributed by atoms with Gasteiger partial charge < -0.3 is 15.5 Å². The van der Waals surface area contributed by atoms with Crippen LogP contribution in [0.15, 0.2) is 28.7 Å². The second-order valence-corrected chi connectivity index (χ2v) is 5.24. The van der Waals surface area contributed by atoms with E-state index < -0.39 is 0 Å². The van der Waals surface area contributed by atoms with Crippen LogP contribution in [0.25, 0.3) is 11.0 Å². The lowest BCUT2D eigenvalue weighted by Gasteiger charge is -2.14. The Kier molecular flexibility index (Phi) is 3.90. The van der Waals surface area contributed by atoms with Gasteiger partial charge in [-0.3, -0.25) is 4.79 Å². The molecule has 0 radical (unpaired) electrons. The third-order valence-corrected chi connectivity index (χ3v) is 3.00. The van der Waals surface area contributed by atoms with E-state index >= 15 is 0 Å². The SMILES string of the molecule is Cc1ccc2oc(C(=O)NC(C)CC(C)N)cc2c1. The van der Waals surface area contributed by atoms with Crippen LogP contribution in [0, 0.1) is 6.92 Å². The van der Waals surface area contributed by atoms with E-state index in [0.29, 0.717) is 5.76 Å². The summed E-state index contributed by atoms with van der Waals surface area (Å²) in [6, 6.07) is 7.71. The molecule has 1 aromatic carbocycles. The van der Waals surface area contributed by atoms with Gasteiger partial charge >= 0.3 is 0 Å². The number of carbonyl (C=O) groups is 1. The van der Waals surface area contributed by atoms with Crippen molar-refractivity contribution >= 4 is 16.9 Å². The van der Waals surface area contributed by atoms with E-state index in [1.165, 1.54) is 0 Å². The molecule has 0 saturated heterocycles. The van der Waals surface area contributed by atoms with Gasteiger partial charge in [0.15, 0.2) is 5.76 Å². The van der Waals surface area contributed by atoms with Crippen LogP contribution in [0.4, 0.5) is 0 Å². The highest BCUT2D eigenvalue weighted by atomic mass is 16.3. The van der Waals surface area contributed by atoms with Crippen LogP contribution in [-0.2, 0) is 0 Å². The molecule has 1 aromatic heterocycles. The van der Waals surface area contributed by atoms with Crippen molar-refractivity contribution in [3.63, 3.8) is 0 Å².